The standard InChI is InChI=1S/C78H46N2O/c1-2-18-52-47(17-1)37-44-67-74(52)62-23-5-10-29-65(62)77(67)63-27-8-3-19-54(63)56-42-40-50(45-69(56)77)79(49-38-35-48(36-39-49)53-24-15-26-61-59-22-7-14-34-73(59)81-76(53)61)51-41-43-57-55-20-4-9-28-64(55)78(70(57)46-51)66-30-11-13-33-72(66)80-71-32-12-6-21-58(71)60-25-16-31-68(78)75(60)80/h1-46H. The molecule has 0 saturated heterocycles. The highest BCUT2D eigenvalue weighted by molar-refractivity contribution is 6.14. The molecule has 0 amide bonds. The molecule has 3 heteroatoms. The van der Waals surface area contributed by atoms with Crippen LogP contribution in [-0.4, -0.2) is 4.57 Å². The van der Waals surface area contributed by atoms with Gasteiger partial charge in [0.25, 0.3) is 0 Å². The Kier molecular flexibility index (Phi) is 8.39. The summed E-state index contributed by atoms with van der Waals surface area (Å²) in [6, 6.07) is 105. The van der Waals surface area contributed by atoms with Crippen LogP contribution in [0, 0.1) is 0 Å². The third kappa shape index (κ3) is 5.34. The molecule has 2 aromatic heterocycles. The third-order valence-corrected chi connectivity index (χ3v) is 19.0. The zero-order valence-corrected chi connectivity index (χ0v) is 43.9. The van der Waals surface area contributed by atoms with E-state index in [4.69, 9.17) is 4.42 Å². The Morgan fingerprint density at radius 3 is 1.58 bits per heavy atom. The number of nitrogens with zero attached hydrogens (tertiary/aromatic N) is 2. The lowest BCUT2D eigenvalue weighted by Crippen LogP contribution is -2.33. The highest BCUT2D eigenvalue weighted by Crippen LogP contribution is 2.66. The molecule has 374 valence electrons. The maximum Gasteiger partial charge on any atom is 0.143 e. The topological polar surface area (TPSA) is 21.3 Å². The van der Waals surface area contributed by atoms with Crippen LogP contribution in [0.5, 0.6) is 0 Å². The molecule has 0 saturated carbocycles. The van der Waals surface area contributed by atoms with E-state index < -0.39 is 10.8 Å². The summed E-state index contributed by atoms with van der Waals surface area (Å²) in [7, 11) is 0. The van der Waals surface area contributed by atoms with E-state index in [1.807, 2.05) is 6.07 Å². The minimum atomic E-state index is -0.618. The first-order chi connectivity index (χ1) is 40.2. The molecule has 4 aliphatic rings. The molecule has 2 unspecified atom stereocenters. The van der Waals surface area contributed by atoms with Gasteiger partial charge in [0.15, 0.2) is 0 Å². The van der Waals surface area contributed by atoms with Crippen LogP contribution in [0.4, 0.5) is 17.1 Å². The molecule has 19 rings (SSSR count). The monoisotopic (exact) mass is 1030 g/mol. The van der Waals surface area contributed by atoms with E-state index in [-0.39, 0.29) is 0 Å². The first-order valence-electron chi connectivity index (χ1n) is 28.2. The predicted molar refractivity (Wildman–Crippen MR) is 333 cm³/mol. The molecule has 15 aromatic rings. The fourth-order valence-electron chi connectivity index (χ4n) is 15.9. The fourth-order valence-corrected chi connectivity index (χ4v) is 15.9. The highest BCUT2D eigenvalue weighted by Gasteiger charge is 2.53. The van der Waals surface area contributed by atoms with Gasteiger partial charge in [-0.05, 0) is 149 Å². The number of rotatable bonds is 4. The van der Waals surface area contributed by atoms with Crippen molar-refractivity contribution in [1.29, 1.82) is 0 Å². The number of aromatic nitrogens is 1. The highest BCUT2D eigenvalue weighted by atomic mass is 16.3. The van der Waals surface area contributed by atoms with Crippen molar-refractivity contribution in [3.63, 3.8) is 0 Å². The van der Waals surface area contributed by atoms with Crippen LogP contribution in [0.2, 0.25) is 0 Å². The van der Waals surface area contributed by atoms with Gasteiger partial charge in [-0.15, -0.1) is 0 Å². The summed E-state index contributed by atoms with van der Waals surface area (Å²) >= 11 is 0. The zero-order chi connectivity index (χ0) is 52.7. The van der Waals surface area contributed by atoms with E-state index in [9.17, 15) is 0 Å². The second-order valence-electron chi connectivity index (χ2n) is 22.5. The van der Waals surface area contributed by atoms with Gasteiger partial charge in [-0.25, -0.2) is 0 Å². The number of hydrogen-bond donors (Lipinski definition) is 0. The molecular formula is C78H46N2O. The van der Waals surface area contributed by atoms with Gasteiger partial charge < -0.3 is 13.9 Å². The number of furan rings is 1. The van der Waals surface area contributed by atoms with E-state index in [1.165, 1.54) is 116 Å². The molecule has 1 aliphatic heterocycles. The smallest absolute Gasteiger partial charge is 0.143 e. The van der Waals surface area contributed by atoms with Gasteiger partial charge in [0.2, 0.25) is 0 Å². The lowest BCUT2D eigenvalue weighted by molar-refractivity contribution is 0.670. The Balaban J connectivity index is 0.880. The molecule has 81 heavy (non-hydrogen) atoms. The van der Waals surface area contributed by atoms with Crippen LogP contribution in [0.1, 0.15) is 44.5 Å². The average Bonchev–Trinajstić information content (AvgIpc) is 4.29. The Hall–Kier alpha value is -10.5. The van der Waals surface area contributed by atoms with E-state index in [2.05, 4.69) is 282 Å². The van der Waals surface area contributed by atoms with E-state index in [1.54, 1.807) is 0 Å². The summed E-state index contributed by atoms with van der Waals surface area (Å²) in [5.41, 5.74) is 28.0. The van der Waals surface area contributed by atoms with Crippen LogP contribution in [0.3, 0.4) is 0 Å². The lowest BCUT2D eigenvalue weighted by atomic mass is 9.65. The Bertz CT molecular complexity index is 5270. The quantitative estimate of drug-likeness (QED) is 0.175. The van der Waals surface area contributed by atoms with E-state index in [0.717, 1.165) is 50.1 Å². The van der Waals surface area contributed by atoms with Crippen molar-refractivity contribution >= 4 is 71.6 Å². The van der Waals surface area contributed by atoms with Gasteiger partial charge in [-0.2, -0.15) is 0 Å². The van der Waals surface area contributed by atoms with Crippen LogP contribution in [-0.2, 0) is 10.8 Å². The molecule has 2 atom stereocenters. The van der Waals surface area contributed by atoms with Crippen molar-refractivity contribution in [2.45, 2.75) is 10.8 Å². The van der Waals surface area contributed by atoms with Crippen LogP contribution >= 0.6 is 0 Å². The van der Waals surface area contributed by atoms with Gasteiger partial charge in [-0.1, -0.05) is 224 Å². The number of para-hydroxylation sites is 5. The van der Waals surface area contributed by atoms with Gasteiger partial charge >= 0.3 is 0 Å². The first-order valence-corrected chi connectivity index (χ1v) is 28.2. The minimum absolute atomic E-state index is 0.550. The van der Waals surface area contributed by atoms with Gasteiger partial charge in [0, 0.05) is 44.2 Å². The normalized spacial score (nSPS) is 16.5. The Labute approximate surface area is 467 Å². The van der Waals surface area contributed by atoms with Gasteiger partial charge in [0.05, 0.1) is 27.6 Å². The van der Waals surface area contributed by atoms with Crippen LogP contribution in [0.25, 0.3) is 105 Å². The molecular weight excluding hydrogens is 981 g/mol. The molecule has 2 spiro atoms. The SMILES string of the molecule is c1ccc2c(c1)-c1ccc(N(c3ccc(-c4cccc5c4oc4ccccc45)cc3)c3ccc4c(c3)C3(c5ccccc5-4)c4ccccc4-n4c5ccccc5c5cccc3c54)cc1C21c2ccccc2-c2c1ccc1ccccc21. The summed E-state index contributed by atoms with van der Waals surface area (Å²) in [6.45, 7) is 0. The number of anilines is 3. The Morgan fingerprint density at radius 2 is 0.827 bits per heavy atom. The van der Waals surface area contributed by atoms with Crippen LogP contribution in [0.15, 0.2) is 283 Å². The first kappa shape index (κ1) is 43.5. The van der Waals surface area contributed by atoms with Crippen molar-refractivity contribution in [1.82, 2.24) is 4.57 Å². The van der Waals surface area contributed by atoms with Crippen molar-refractivity contribution in [2.75, 3.05) is 4.90 Å². The minimum Gasteiger partial charge on any atom is -0.455 e. The van der Waals surface area contributed by atoms with Crippen molar-refractivity contribution in [2.24, 2.45) is 0 Å². The van der Waals surface area contributed by atoms with Crippen molar-refractivity contribution in [3.05, 3.63) is 324 Å². The molecule has 3 aliphatic carbocycles. The molecule has 0 bridgehead atoms. The molecule has 3 nitrogen and oxygen atoms in total. The van der Waals surface area contributed by atoms with E-state index >= 15 is 0 Å². The van der Waals surface area contributed by atoms with Gasteiger partial charge in [-0.3, -0.25) is 0 Å². The van der Waals surface area contributed by atoms with Gasteiger partial charge in [0.1, 0.15) is 11.2 Å². The maximum absolute atomic E-state index is 6.64. The summed E-state index contributed by atoms with van der Waals surface area (Å²) in [5, 5.41) is 7.34. The second-order valence-corrected chi connectivity index (χ2v) is 22.5. The lowest BCUT2D eigenvalue weighted by Gasteiger charge is -2.40. The fraction of sp³-hybridized carbons (Fsp3) is 0.0256. The zero-order valence-electron chi connectivity index (χ0n) is 43.9. The molecule has 13 aromatic carbocycles. The summed E-state index contributed by atoms with van der Waals surface area (Å²) < 4.78 is 9.17. The van der Waals surface area contributed by atoms with E-state index in [0.29, 0.717) is 0 Å². The van der Waals surface area contributed by atoms with Crippen molar-refractivity contribution < 1.29 is 4.42 Å². The summed E-state index contributed by atoms with van der Waals surface area (Å²) in [5.74, 6) is 0. The Morgan fingerprint density at radius 1 is 0.309 bits per heavy atom. The predicted octanol–water partition coefficient (Wildman–Crippen LogP) is 20.0. The molecule has 0 N–H and O–H groups in total. The summed E-state index contributed by atoms with van der Waals surface area (Å²) in [6.07, 6.45) is 0. The molecule has 3 heterocycles. The third-order valence-electron chi connectivity index (χ3n) is 19.0. The van der Waals surface area contributed by atoms with Crippen molar-refractivity contribution in [3.8, 4) is 50.2 Å². The molecule has 0 fully saturated rings. The largest absolute Gasteiger partial charge is 0.455 e. The number of fused-ring (bicyclic) bond motifs is 27. The summed E-state index contributed by atoms with van der Waals surface area (Å²) in [4.78, 5) is 2.52. The number of hydrogen-bond acceptors (Lipinski definition) is 2. The average molecular weight is 1030 g/mol. The number of benzene rings is 13. The second kappa shape index (κ2) is 15.6. The van der Waals surface area contributed by atoms with Crippen LogP contribution < -0.4 is 4.90 Å². The maximum atomic E-state index is 6.64. The molecule has 0 radical (unpaired) electrons.